The number of benzene rings is 1. The molecule has 128 valence electrons. The minimum absolute atomic E-state index is 0.171. The Morgan fingerprint density at radius 3 is 2.92 bits per heavy atom. The molecular weight excluding hydrogens is 339 g/mol. The van der Waals surface area contributed by atoms with Crippen LogP contribution in [-0.4, -0.2) is 53.2 Å². The van der Waals surface area contributed by atoms with Gasteiger partial charge < -0.3 is 15.6 Å². The Morgan fingerprint density at radius 2 is 2.29 bits per heavy atom. The first-order chi connectivity index (χ1) is 11.5. The summed E-state index contributed by atoms with van der Waals surface area (Å²) < 4.78 is 19.5. The van der Waals surface area contributed by atoms with Gasteiger partial charge in [0.25, 0.3) is 5.91 Å². The van der Waals surface area contributed by atoms with Crippen LogP contribution in [0.2, 0.25) is 0 Å². The molecule has 0 aromatic heterocycles. The maximum atomic E-state index is 14.4. The van der Waals surface area contributed by atoms with E-state index in [1.165, 1.54) is 17.0 Å². The van der Waals surface area contributed by atoms with Gasteiger partial charge in [0.1, 0.15) is 22.2 Å². The fourth-order valence-electron chi connectivity index (χ4n) is 2.34. The molecule has 4 N–H and O–H groups in total. The van der Waals surface area contributed by atoms with E-state index >= 15 is 0 Å². The molecule has 0 saturated carbocycles. The second-order valence-corrected chi connectivity index (χ2v) is 6.39. The van der Waals surface area contributed by atoms with Gasteiger partial charge in [-0.25, -0.2) is 14.6 Å². The number of aliphatic hydroxyl groups excluding tert-OH is 1. The molecule has 1 unspecified atom stereocenters. The van der Waals surface area contributed by atoms with Gasteiger partial charge in [-0.1, -0.05) is 11.8 Å². The van der Waals surface area contributed by atoms with Crippen LogP contribution in [0.25, 0.3) is 0 Å². The predicted molar refractivity (Wildman–Crippen MR) is 86.2 cm³/mol. The number of cyclic esters (lactones) is 1. The molecule has 2 aliphatic heterocycles. The highest BCUT2D eigenvalue weighted by Crippen LogP contribution is 2.28. The second kappa shape index (κ2) is 6.75. The van der Waals surface area contributed by atoms with Gasteiger partial charge in [0.15, 0.2) is 0 Å². The minimum Gasteiger partial charge on any atom is -0.443 e. The minimum atomic E-state index is -0.740. The lowest BCUT2D eigenvalue weighted by Gasteiger charge is -2.20. The summed E-state index contributed by atoms with van der Waals surface area (Å²) in [6.45, 7) is 0.0697. The summed E-state index contributed by atoms with van der Waals surface area (Å²) in [5.41, 5.74) is 8.25. The lowest BCUT2D eigenvalue weighted by molar-refractivity contribution is -0.121. The molecule has 2 aliphatic rings. The molecule has 2 atom stereocenters. The Kier molecular flexibility index (Phi) is 4.69. The van der Waals surface area contributed by atoms with E-state index in [0.29, 0.717) is 5.69 Å². The average molecular weight is 354 g/mol. The third-order valence-electron chi connectivity index (χ3n) is 3.61. The van der Waals surface area contributed by atoms with Crippen LogP contribution in [0.3, 0.4) is 0 Å². The van der Waals surface area contributed by atoms with E-state index in [1.807, 2.05) is 0 Å². The highest BCUT2D eigenvalue weighted by molar-refractivity contribution is 8.15. The van der Waals surface area contributed by atoms with Gasteiger partial charge >= 0.3 is 6.09 Å². The number of aliphatic hydroxyl groups is 1. The SMILES string of the molecule is NC[C@H]1CN(c2ccc(C3=NNC(=O)C(CO)S3)c(F)c2)C(=O)O1. The molecule has 1 aromatic carbocycles. The maximum Gasteiger partial charge on any atom is 0.414 e. The first-order valence-corrected chi connectivity index (χ1v) is 8.04. The Balaban J connectivity index is 1.83. The summed E-state index contributed by atoms with van der Waals surface area (Å²) in [6.07, 6.45) is -0.992. The molecule has 0 spiro atoms. The van der Waals surface area contributed by atoms with Crippen LogP contribution in [0.4, 0.5) is 14.9 Å². The number of rotatable bonds is 4. The Morgan fingerprint density at radius 1 is 1.50 bits per heavy atom. The summed E-state index contributed by atoms with van der Waals surface area (Å²) in [7, 11) is 0. The number of amides is 2. The van der Waals surface area contributed by atoms with Gasteiger partial charge in [0, 0.05) is 12.1 Å². The van der Waals surface area contributed by atoms with Crippen molar-refractivity contribution in [3.8, 4) is 0 Å². The Labute approximate surface area is 140 Å². The molecule has 3 rings (SSSR count). The van der Waals surface area contributed by atoms with Crippen LogP contribution in [0.15, 0.2) is 23.3 Å². The van der Waals surface area contributed by atoms with Crippen molar-refractivity contribution in [1.82, 2.24) is 5.43 Å². The fraction of sp³-hybridized carbons (Fsp3) is 0.357. The van der Waals surface area contributed by atoms with Crippen LogP contribution in [0.1, 0.15) is 5.56 Å². The average Bonchev–Trinajstić information content (AvgIpc) is 2.96. The van der Waals surface area contributed by atoms with Crippen molar-refractivity contribution in [1.29, 1.82) is 0 Å². The summed E-state index contributed by atoms with van der Waals surface area (Å²) >= 11 is 0.976. The standard InChI is InChI=1S/C14H15FN4O4S/c15-10-3-7(19-5-8(4-16)23-14(19)22)1-2-9(10)13-18-17-12(21)11(6-20)24-13/h1-3,8,11,20H,4-6,16H2,(H,17,21)/t8-,11?/m0/s1. The first-order valence-electron chi connectivity index (χ1n) is 7.16. The highest BCUT2D eigenvalue weighted by Gasteiger charge is 2.32. The van der Waals surface area contributed by atoms with E-state index in [4.69, 9.17) is 15.6 Å². The van der Waals surface area contributed by atoms with Gasteiger partial charge in [-0.15, -0.1) is 0 Å². The molecule has 8 nitrogen and oxygen atoms in total. The zero-order valence-electron chi connectivity index (χ0n) is 12.4. The number of nitrogens with two attached hydrogens (primary N) is 1. The zero-order valence-corrected chi connectivity index (χ0v) is 13.3. The molecule has 1 aromatic rings. The number of carbonyl (C=O) groups excluding carboxylic acids is 2. The molecule has 0 aliphatic carbocycles. The first kappa shape index (κ1) is 16.7. The number of hydrogen-bond donors (Lipinski definition) is 3. The second-order valence-electron chi connectivity index (χ2n) is 5.20. The van der Waals surface area contributed by atoms with Crippen LogP contribution >= 0.6 is 11.8 Å². The van der Waals surface area contributed by atoms with E-state index in [2.05, 4.69) is 10.5 Å². The summed E-state index contributed by atoms with van der Waals surface area (Å²) in [6, 6.07) is 4.22. The number of halogens is 1. The lowest BCUT2D eigenvalue weighted by atomic mass is 10.2. The van der Waals surface area contributed by atoms with Crippen LogP contribution in [0, 0.1) is 5.82 Å². The number of hydrogen-bond acceptors (Lipinski definition) is 7. The number of ether oxygens (including phenoxy) is 1. The van der Waals surface area contributed by atoms with Crippen molar-refractivity contribution < 1.29 is 23.8 Å². The van der Waals surface area contributed by atoms with Gasteiger partial charge in [-0.3, -0.25) is 9.69 Å². The highest BCUT2D eigenvalue weighted by atomic mass is 32.2. The Hall–Kier alpha value is -2.17. The topological polar surface area (TPSA) is 117 Å². The van der Waals surface area contributed by atoms with Crippen molar-refractivity contribution in [2.75, 3.05) is 24.6 Å². The van der Waals surface area contributed by atoms with Gasteiger partial charge in [0.2, 0.25) is 0 Å². The normalized spacial score (nSPS) is 23.8. The maximum absolute atomic E-state index is 14.4. The van der Waals surface area contributed by atoms with E-state index in [-0.39, 0.29) is 30.3 Å². The van der Waals surface area contributed by atoms with Gasteiger partial charge in [0.05, 0.1) is 18.8 Å². The van der Waals surface area contributed by atoms with Crippen molar-refractivity contribution in [2.45, 2.75) is 11.4 Å². The van der Waals surface area contributed by atoms with E-state index in [0.717, 1.165) is 11.8 Å². The largest absolute Gasteiger partial charge is 0.443 e. The van der Waals surface area contributed by atoms with Crippen molar-refractivity contribution in [2.24, 2.45) is 10.8 Å². The van der Waals surface area contributed by atoms with Gasteiger partial charge in [-0.05, 0) is 18.2 Å². The number of anilines is 1. The molecule has 0 radical (unpaired) electrons. The third-order valence-corrected chi connectivity index (χ3v) is 4.79. The van der Waals surface area contributed by atoms with Crippen LogP contribution < -0.4 is 16.1 Å². The smallest absolute Gasteiger partial charge is 0.414 e. The molecule has 10 heteroatoms. The summed E-state index contributed by atoms with van der Waals surface area (Å²) in [5, 5.41) is 12.5. The fourth-order valence-corrected chi connectivity index (χ4v) is 3.23. The Bertz CT molecular complexity index is 714. The molecular formula is C14H15FN4O4S. The number of nitrogens with zero attached hydrogens (tertiary/aromatic N) is 2. The predicted octanol–water partition coefficient (Wildman–Crippen LogP) is -0.00490. The van der Waals surface area contributed by atoms with Crippen LogP contribution in [-0.2, 0) is 9.53 Å². The van der Waals surface area contributed by atoms with Crippen LogP contribution in [0.5, 0.6) is 0 Å². The van der Waals surface area contributed by atoms with Crippen molar-refractivity contribution in [3.05, 3.63) is 29.6 Å². The van der Waals surface area contributed by atoms with E-state index in [1.54, 1.807) is 6.07 Å². The molecule has 1 saturated heterocycles. The molecule has 2 amide bonds. The molecule has 1 fully saturated rings. The molecule has 24 heavy (non-hydrogen) atoms. The molecule has 2 heterocycles. The quantitative estimate of drug-likeness (QED) is 0.700. The third kappa shape index (κ3) is 3.07. The number of hydrazone groups is 1. The molecule has 0 bridgehead atoms. The number of nitrogens with one attached hydrogen (secondary N) is 1. The monoisotopic (exact) mass is 354 g/mol. The number of thioether (sulfide) groups is 1. The summed E-state index contributed by atoms with van der Waals surface area (Å²) in [5.74, 6) is -1.04. The van der Waals surface area contributed by atoms with Gasteiger partial charge in [-0.2, -0.15) is 5.10 Å². The van der Waals surface area contributed by atoms with Crippen molar-refractivity contribution in [3.63, 3.8) is 0 Å². The summed E-state index contributed by atoms with van der Waals surface area (Å²) in [4.78, 5) is 24.5. The van der Waals surface area contributed by atoms with E-state index < -0.39 is 29.2 Å². The zero-order chi connectivity index (χ0) is 17.3. The van der Waals surface area contributed by atoms with E-state index in [9.17, 15) is 14.0 Å². The lowest BCUT2D eigenvalue weighted by Crippen LogP contribution is -2.37. The van der Waals surface area contributed by atoms with Crippen molar-refractivity contribution >= 4 is 34.5 Å². The number of carbonyl (C=O) groups is 2.